The van der Waals surface area contributed by atoms with Crippen LogP contribution >= 0.6 is 0 Å². The van der Waals surface area contributed by atoms with Gasteiger partial charge in [0.2, 0.25) is 5.91 Å². The van der Waals surface area contributed by atoms with E-state index in [9.17, 15) is 14.4 Å². The fourth-order valence-electron chi connectivity index (χ4n) is 1.16. The van der Waals surface area contributed by atoms with Gasteiger partial charge in [0.05, 0.1) is 6.42 Å². The maximum absolute atomic E-state index is 11.2. The first kappa shape index (κ1) is 14.5. The van der Waals surface area contributed by atoms with Crippen LogP contribution in [0, 0.1) is 0 Å². The van der Waals surface area contributed by atoms with Crippen molar-refractivity contribution >= 4 is 18.0 Å². The summed E-state index contributed by atoms with van der Waals surface area (Å²) in [6.07, 6.45) is -1.33. The van der Waals surface area contributed by atoms with Crippen LogP contribution in [0.3, 0.4) is 0 Å². The molecular formula is C12H14N2O5. The van der Waals surface area contributed by atoms with Crippen LogP contribution in [0.2, 0.25) is 0 Å². The van der Waals surface area contributed by atoms with E-state index in [4.69, 9.17) is 9.84 Å². The van der Waals surface area contributed by atoms with E-state index in [2.05, 4.69) is 0 Å². The van der Waals surface area contributed by atoms with Crippen molar-refractivity contribution in [3.05, 3.63) is 35.9 Å². The van der Waals surface area contributed by atoms with Crippen LogP contribution in [0.25, 0.3) is 0 Å². The van der Waals surface area contributed by atoms with Gasteiger partial charge in [0.15, 0.2) is 0 Å². The summed E-state index contributed by atoms with van der Waals surface area (Å²) < 4.78 is 4.82. The standard InChI is InChI=1S/C12H14N2O5/c15-10(6-7-11(16)17)13-14-12(18)19-8-9-4-2-1-3-5-9/h1-5H,6-8H2,(H,13,15)(H,14,18)(H,16,17). The van der Waals surface area contributed by atoms with Crippen molar-refractivity contribution in [2.45, 2.75) is 19.4 Å². The summed E-state index contributed by atoms with van der Waals surface area (Å²) in [5.74, 6) is -1.68. The molecule has 0 spiro atoms. The zero-order valence-electron chi connectivity index (χ0n) is 10.1. The Morgan fingerprint density at radius 3 is 2.37 bits per heavy atom. The molecule has 19 heavy (non-hydrogen) atoms. The van der Waals surface area contributed by atoms with Gasteiger partial charge in [0.1, 0.15) is 6.61 Å². The monoisotopic (exact) mass is 266 g/mol. The van der Waals surface area contributed by atoms with Crippen molar-refractivity contribution in [2.24, 2.45) is 0 Å². The second kappa shape index (κ2) is 7.70. The molecule has 0 saturated carbocycles. The van der Waals surface area contributed by atoms with Crippen molar-refractivity contribution in [1.82, 2.24) is 10.9 Å². The van der Waals surface area contributed by atoms with Crippen molar-refractivity contribution in [1.29, 1.82) is 0 Å². The Kier molecular flexibility index (Phi) is 5.87. The lowest BCUT2D eigenvalue weighted by Crippen LogP contribution is -2.41. The SMILES string of the molecule is O=C(O)CCC(=O)NNC(=O)OCc1ccccc1. The Labute approximate surface area is 109 Å². The highest BCUT2D eigenvalue weighted by molar-refractivity contribution is 5.82. The molecule has 0 aliphatic rings. The zero-order chi connectivity index (χ0) is 14.1. The van der Waals surface area contributed by atoms with E-state index in [1.807, 2.05) is 29.1 Å². The number of carboxylic acid groups (broad SMARTS) is 1. The number of hydrazine groups is 1. The van der Waals surface area contributed by atoms with E-state index in [0.29, 0.717) is 0 Å². The normalized spacial score (nSPS) is 9.47. The minimum absolute atomic E-state index is 0.0810. The van der Waals surface area contributed by atoms with Crippen LogP contribution in [0.15, 0.2) is 30.3 Å². The molecular weight excluding hydrogens is 252 g/mol. The number of carbonyl (C=O) groups excluding carboxylic acids is 2. The molecule has 1 aromatic rings. The van der Waals surface area contributed by atoms with E-state index in [1.165, 1.54) is 0 Å². The van der Waals surface area contributed by atoms with Gasteiger partial charge in [-0.1, -0.05) is 30.3 Å². The van der Waals surface area contributed by atoms with Gasteiger partial charge in [-0.3, -0.25) is 15.0 Å². The summed E-state index contributed by atoms with van der Waals surface area (Å²) in [6.45, 7) is 0.0810. The third kappa shape index (κ3) is 6.67. The number of hydrogen-bond donors (Lipinski definition) is 3. The molecule has 0 heterocycles. The molecule has 0 aliphatic heterocycles. The largest absolute Gasteiger partial charge is 0.481 e. The fraction of sp³-hybridized carbons (Fsp3) is 0.250. The molecule has 0 saturated heterocycles. The number of nitrogens with one attached hydrogen (secondary N) is 2. The Balaban J connectivity index is 2.17. The molecule has 2 amide bonds. The number of carbonyl (C=O) groups is 3. The molecule has 7 heteroatoms. The number of ether oxygens (including phenoxy) is 1. The molecule has 1 rings (SSSR count). The van der Waals surface area contributed by atoms with Crippen LogP contribution in [-0.2, 0) is 20.9 Å². The van der Waals surface area contributed by atoms with Gasteiger partial charge in [-0.15, -0.1) is 0 Å². The van der Waals surface area contributed by atoms with Gasteiger partial charge < -0.3 is 9.84 Å². The summed E-state index contributed by atoms with van der Waals surface area (Å²) in [6, 6.07) is 9.04. The molecule has 1 aromatic carbocycles. The van der Waals surface area contributed by atoms with Gasteiger partial charge in [-0.05, 0) is 5.56 Å². The van der Waals surface area contributed by atoms with Gasteiger partial charge in [0, 0.05) is 6.42 Å². The van der Waals surface area contributed by atoms with Gasteiger partial charge in [0.25, 0.3) is 0 Å². The summed E-state index contributed by atoms with van der Waals surface area (Å²) in [4.78, 5) is 32.5. The molecule has 0 unspecified atom stereocenters. The highest BCUT2D eigenvalue weighted by Crippen LogP contribution is 2.00. The van der Waals surface area contributed by atoms with Crippen LogP contribution in [-0.4, -0.2) is 23.1 Å². The summed E-state index contributed by atoms with van der Waals surface area (Å²) in [7, 11) is 0. The van der Waals surface area contributed by atoms with Crippen molar-refractivity contribution in [3.8, 4) is 0 Å². The third-order valence-corrected chi connectivity index (χ3v) is 2.08. The predicted molar refractivity (Wildman–Crippen MR) is 64.8 cm³/mol. The quantitative estimate of drug-likeness (QED) is 0.684. The van der Waals surface area contributed by atoms with Gasteiger partial charge in [-0.25, -0.2) is 10.2 Å². The number of amides is 2. The molecule has 102 valence electrons. The van der Waals surface area contributed by atoms with Crippen molar-refractivity contribution in [2.75, 3.05) is 0 Å². The number of rotatable bonds is 5. The zero-order valence-corrected chi connectivity index (χ0v) is 10.1. The second-order valence-electron chi connectivity index (χ2n) is 3.63. The summed E-state index contributed by atoms with van der Waals surface area (Å²) in [5.41, 5.74) is 4.88. The molecule has 0 radical (unpaired) electrons. The minimum atomic E-state index is -1.08. The Hall–Kier alpha value is -2.57. The smallest absolute Gasteiger partial charge is 0.426 e. The maximum atomic E-state index is 11.2. The first-order valence-electron chi connectivity index (χ1n) is 5.55. The molecule has 0 bridgehead atoms. The van der Waals surface area contributed by atoms with E-state index in [1.54, 1.807) is 12.1 Å². The second-order valence-corrected chi connectivity index (χ2v) is 3.63. The molecule has 0 atom stereocenters. The van der Waals surface area contributed by atoms with Crippen LogP contribution in [0.5, 0.6) is 0 Å². The predicted octanol–water partition coefficient (Wildman–Crippen LogP) is 0.809. The van der Waals surface area contributed by atoms with Gasteiger partial charge >= 0.3 is 12.1 Å². The van der Waals surface area contributed by atoms with Crippen LogP contribution in [0.4, 0.5) is 4.79 Å². The molecule has 7 nitrogen and oxygen atoms in total. The first-order chi connectivity index (χ1) is 9.08. The number of carboxylic acids is 1. The lowest BCUT2D eigenvalue weighted by atomic mass is 10.2. The molecule has 0 fully saturated rings. The maximum Gasteiger partial charge on any atom is 0.426 e. The minimum Gasteiger partial charge on any atom is -0.481 e. The van der Waals surface area contributed by atoms with Crippen LogP contribution < -0.4 is 10.9 Å². The summed E-state index contributed by atoms with van der Waals surface area (Å²) in [5, 5.41) is 8.36. The van der Waals surface area contributed by atoms with Gasteiger partial charge in [-0.2, -0.15) is 0 Å². The average molecular weight is 266 g/mol. The van der Waals surface area contributed by atoms with E-state index in [-0.39, 0.29) is 19.4 Å². The average Bonchev–Trinajstić information content (AvgIpc) is 2.41. The lowest BCUT2D eigenvalue weighted by Gasteiger charge is -2.07. The summed E-state index contributed by atoms with van der Waals surface area (Å²) >= 11 is 0. The van der Waals surface area contributed by atoms with E-state index < -0.39 is 18.0 Å². The fourth-order valence-corrected chi connectivity index (χ4v) is 1.16. The van der Waals surface area contributed by atoms with Crippen LogP contribution in [0.1, 0.15) is 18.4 Å². The number of hydrogen-bond acceptors (Lipinski definition) is 4. The van der Waals surface area contributed by atoms with E-state index >= 15 is 0 Å². The molecule has 0 aliphatic carbocycles. The number of benzene rings is 1. The third-order valence-electron chi connectivity index (χ3n) is 2.08. The molecule has 0 aromatic heterocycles. The van der Waals surface area contributed by atoms with Crippen molar-refractivity contribution in [3.63, 3.8) is 0 Å². The highest BCUT2D eigenvalue weighted by atomic mass is 16.6. The highest BCUT2D eigenvalue weighted by Gasteiger charge is 2.07. The Bertz CT molecular complexity index is 447. The molecule has 3 N–H and O–H groups in total. The lowest BCUT2D eigenvalue weighted by molar-refractivity contribution is -0.138. The Morgan fingerprint density at radius 2 is 1.74 bits per heavy atom. The number of aliphatic carboxylic acids is 1. The topological polar surface area (TPSA) is 105 Å². The first-order valence-corrected chi connectivity index (χ1v) is 5.55. The Morgan fingerprint density at radius 1 is 1.05 bits per heavy atom. The van der Waals surface area contributed by atoms with Crippen molar-refractivity contribution < 1.29 is 24.2 Å². The van der Waals surface area contributed by atoms with E-state index in [0.717, 1.165) is 5.56 Å².